The van der Waals surface area contributed by atoms with Gasteiger partial charge in [0, 0.05) is 0 Å². The molecule has 0 aliphatic heterocycles. The van der Waals surface area contributed by atoms with Crippen molar-refractivity contribution in [3.05, 3.63) is 66.2 Å². The highest BCUT2D eigenvalue weighted by Gasteiger charge is 2.28. The molecule has 2 rings (SSSR count). The van der Waals surface area contributed by atoms with Crippen molar-refractivity contribution in [2.45, 2.75) is 24.7 Å². The molecule has 1 N–H and O–H groups in total. The Kier molecular flexibility index (Phi) is 6.19. The number of sulfone groups is 1. The van der Waals surface area contributed by atoms with Gasteiger partial charge < -0.3 is 9.84 Å². The highest BCUT2D eigenvalue weighted by atomic mass is 32.2. The molecule has 0 fully saturated rings. The van der Waals surface area contributed by atoms with E-state index < -0.39 is 21.2 Å². The van der Waals surface area contributed by atoms with Gasteiger partial charge in [0.25, 0.3) is 0 Å². The molecule has 0 aliphatic rings. The minimum absolute atomic E-state index is 0.0472. The molecule has 2 unspecified atom stereocenters. The van der Waals surface area contributed by atoms with Crippen molar-refractivity contribution < 1.29 is 18.3 Å². The molecule has 0 saturated carbocycles. The highest BCUT2D eigenvalue weighted by molar-refractivity contribution is 7.91. The average Bonchev–Trinajstić information content (AvgIpc) is 2.55. The number of rotatable bonds is 8. The summed E-state index contributed by atoms with van der Waals surface area (Å²) in [6.45, 7) is 1.79. The Labute approximate surface area is 137 Å². The third kappa shape index (κ3) is 5.08. The molecule has 0 aromatic heterocycles. The zero-order valence-electron chi connectivity index (χ0n) is 13.1. The second-order valence-corrected chi connectivity index (χ2v) is 7.64. The molecule has 2 aromatic carbocycles. The van der Waals surface area contributed by atoms with Crippen molar-refractivity contribution in [1.82, 2.24) is 0 Å². The quantitative estimate of drug-likeness (QED) is 0.806. The number of ether oxygens (including phenoxy) is 1. The van der Waals surface area contributed by atoms with Crippen molar-refractivity contribution in [2.24, 2.45) is 0 Å². The molecule has 5 heteroatoms. The van der Waals surface area contributed by atoms with Crippen LogP contribution in [0.2, 0.25) is 0 Å². The lowest BCUT2D eigenvalue weighted by Gasteiger charge is -2.19. The normalized spacial score (nSPS) is 14.2. The summed E-state index contributed by atoms with van der Waals surface area (Å²) in [4.78, 5) is 0. The predicted octanol–water partition coefficient (Wildman–Crippen LogP) is 2.99. The summed E-state index contributed by atoms with van der Waals surface area (Å²) in [6.07, 6.45) is -0.587. The Balaban J connectivity index is 1.99. The van der Waals surface area contributed by atoms with Gasteiger partial charge in [-0.15, -0.1) is 0 Å². The molecular formula is C18H22O4S. The minimum atomic E-state index is -3.46. The standard InChI is InChI=1S/C18H22O4S/c1-2-18(15-9-5-3-6-10-15)23(20,21)14-16(19)13-22-17-11-7-4-8-12-17/h3-12,16,18-19H,2,13-14H2,1H3. The fourth-order valence-electron chi connectivity index (χ4n) is 2.51. The van der Waals surface area contributed by atoms with Crippen molar-refractivity contribution in [3.63, 3.8) is 0 Å². The number of para-hydroxylation sites is 1. The predicted molar refractivity (Wildman–Crippen MR) is 91.2 cm³/mol. The summed E-state index contributed by atoms with van der Waals surface area (Å²) in [6, 6.07) is 18.1. The van der Waals surface area contributed by atoms with E-state index in [9.17, 15) is 13.5 Å². The summed E-state index contributed by atoms with van der Waals surface area (Å²) in [5.41, 5.74) is 0.756. The van der Waals surface area contributed by atoms with Crippen LogP contribution in [0, 0.1) is 0 Å². The molecule has 0 heterocycles. The Morgan fingerprint density at radius 2 is 1.57 bits per heavy atom. The lowest BCUT2D eigenvalue weighted by Crippen LogP contribution is -2.30. The summed E-state index contributed by atoms with van der Waals surface area (Å²) in [5.74, 6) is 0.298. The van der Waals surface area contributed by atoms with Crippen LogP contribution in [0.1, 0.15) is 24.2 Å². The molecular weight excluding hydrogens is 312 g/mol. The topological polar surface area (TPSA) is 63.6 Å². The van der Waals surface area contributed by atoms with Gasteiger partial charge in [0.15, 0.2) is 9.84 Å². The SMILES string of the molecule is CCC(c1ccccc1)S(=O)(=O)CC(O)COc1ccccc1. The fourth-order valence-corrected chi connectivity index (χ4v) is 4.45. The Morgan fingerprint density at radius 1 is 1.00 bits per heavy atom. The van der Waals surface area contributed by atoms with Gasteiger partial charge in [-0.05, 0) is 24.1 Å². The lowest BCUT2D eigenvalue weighted by atomic mass is 10.1. The largest absolute Gasteiger partial charge is 0.491 e. The van der Waals surface area contributed by atoms with Crippen LogP contribution in [0.15, 0.2) is 60.7 Å². The first kappa shape index (κ1) is 17.5. The van der Waals surface area contributed by atoms with Crippen LogP contribution in [-0.4, -0.2) is 32.0 Å². The summed E-state index contributed by atoms with van der Waals surface area (Å²) in [7, 11) is -3.46. The van der Waals surface area contributed by atoms with Gasteiger partial charge >= 0.3 is 0 Å². The molecule has 0 radical (unpaired) electrons. The second-order valence-electron chi connectivity index (χ2n) is 5.41. The van der Waals surface area contributed by atoms with Gasteiger partial charge in [-0.3, -0.25) is 0 Å². The van der Waals surface area contributed by atoms with Crippen LogP contribution < -0.4 is 4.74 Å². The Morgan fingerprint density at radius 3 is 2.13 bits per heavy atom. The fraction of sp³-hybridized carbons (Fsp3) is 0.333. The van der Waals surface area contributed by atoms with Crippen LogP contribution in [0.25, 0.3) is 0 Å². The van der Waals surface area contributed by atoms with Gasteiger partial charge in [0.2, 0.25) is 0 Å². The van der Waals surface area contributed by atoms with E-state index in [1.54, 1.807) is 24.3 Å². The van der Waals surface area contributed by atoms with Crippen molar-refractivity contribution in [1.29, 1.82) is 0 Å². The molecule has 124 valence electrons. The van der Waals surface area contributed by atoms with Gasteiger partial charge in [-0.1, -0.05) is 55.5 Å². The molecule has 0 amide bonds. The minimum Gasteiger partial charge on any atom is -0.491 e. The first-order valence-electron chi connectivity index (χ1n) is 7.65. The highest BCUT2D eigenvalue weighted by Crippen LogP contribution is 2.26. The van der Waals surface area contributed by atoms with Gasteiger partial charge in [-0.25, -0.2) is 8.42 Å². The molecule has 2 aromatic rings. The number of hydrogen-bond donors (Lipinski definition) is 1. The summed E-state index contributed by atoms with van der Waals surface area (Å²) >= 11 is 0. The summed E-state index contributed by atoms with van der Waals surface area (Å²) in [5, 5.41) is 9.43. The molecule has 0 aliphatic carbocycles. The zero-order chi connectivity index (χ0) is 16.7. The van der Waals surface area contributed by atoms with E-state index >= 15 is 0 Å². The van der Waals surface area contributed by atoms with Crippen LogP contribution in [-0.2, 0) is 9.84 Å². The van der Waals surface area contributed by atoms with Crippen LogP contribution >= 0.6 is 0 Å². The van der Waals surface area contributed by atoms with E-state index in [1.165, 1.54) is 0 Å². The van der Waals surface area contributed by atoms with E-state index in [4.69, 9.17) is 4.74 Å². The van der Waals surface area contributed by atoms with Crippen molar-refractivity contribution in [3.8, 4) is 5.75 Å². The molecule has 0 bridgehead atoms. The first-order valence-corrected chi connectivity index (χ1v) is 9.37. The van der Waals surface area contributed by atoms with Crippen LogP contribution in [0.5, 0.6) is 5.75 Å². The first-order chi connectivity index (χ1) is 11.0. The van der Waals surface area contributed by atoms with Crippen LogP contribution in [0.4, 0.5) is 0 Å². The van der Waals surface area contributed by atoms with Crippen molar-refractivity contribution >= 4 is 9.84 Å². The Hall–Kier alpha value is -1.85. The zero-order valence-corrected chi connectivity index (χ0v) is 13.9. The maximum absolute atomic E-state index is 12.6. The third-order valence-corrected chi connectivity index (χ3v) is 5.91. The third-order valence-electron chi connectivity index (χ3n) is 3.59. The number of hydrogen-bond acceptors (Lipinski definition) is 4. The van der Waals surface area contributed by atoms with Crippen LogP contribution in [0.3, 0.4) is 0 Å². The number of aliphatic hydroxyl groups excluding tert-OH is 1. The van der Waals surface area contributed by atoms with Gasteiger partial charge in [0.05, 0.1) is 11.0 Å². The average molecular weight is 334 g/mol. The molecule has 0 saturated heterocycles. The number of aliphatic hydroxyl groups is 1. The van der Waals surface area contributed by atoms with E-state index in [2.05, 4.69) is 0 Å². The molecule has 2 atom stereocenters. The van der Waals surface area contributed by atoms with Crippen molar-refractivity contribution in [2.75, 3.05) is 12.4 Å². The second kappa shape index (κ2) is 8.13. The molecule has 4 nitrogen and oxygen atoms in total. The molecule has 23 heavy (non-hydrogen) atoms. The number of benzene rings is 2. The van der Waals surface area contributed by atoms with E-state index in [-0.39, 0.29) is 12.4 Å². The van der Waals surface area contributed by atoms with Gasteiger partial charge in [-0.2, -0.15) is 0 Å². The van der Waals surface area contributed by atoms with Gasteiger partial charge in [0.1, 0.15) is 18.5 Å². The van der Waals surface area contributed by atoms with E-state index in [0.717, 1.165) is 5.56 Å². The monoisotopic (exact) mass is 334 g/mol. The van der Waals surface area contributed by atoms with E-state index in [0.29, 0.717) is 12.2 Å². The van der Waals surface area contributed by atoms with E-state index in [1.807, 2.05) is 43.3 Å². The maximum Gasteiger partial charge on any atom is 0.159 e. The maximum atomic E-state index is 12.6. The summed E-state index contributed by atoms with van der Waals surface area (Å²) < 4.78 is 30.6. The molecule has 0 spiro atoms. The Bertz CT molecular complexity index is 683. The lowest BCUT2D eigenvalue weighted by molar-refractivity contribution is 0.124. The smallest absolute Gasteiger partial charge is 0.159 e.